The molecule has 4 heteroatoms. The first-order valence-corrected chi connectivity index (χ1v) is 2.92. The predicted molar refractivity (Wildman–Crippen MR) is 28.9 cm³/mol. The van der Waals surface area contributed by atoms with Crippen LogP contribution in [0.3, 0.4) is 0 Å². The Hall–Kier alpha value is -0.350. The summed E-state index contributed by atoms with van der Waals surface area (Å²) >= 11 is 5.85. The van der Waals surface area contributed by atoms with Gasteiger partial charge in [0.05, 0.1) is 0 Å². The summed E-state index contributed by atoms with van der Waals surface area (Å²) in [6, 6.07) is 0. The van der Waals surface area contributed by atoms with E-state index < -0.39 is 0 Å². The lowest BCUT2D eigenvalue weighted by molar-refractivity contribution is -0.274. The summed E-state index contributed by atoms with van der Waals surface area (Å²) in [5.74, 6) is -0.102. The van der Waals surface area contributed by atoms with E-state index in [-0.39, 0.29) is 5.88 Å². The molecule has 0 atom stereocenters. The standard InChI is InChI=1S/C3H3NOS2/c5-2-1-7-3(6)4-2/h1,5H,(H,4,6)/p-1. The zero-order valence-electron chi connectivity index (χ0n) is 3.30. The molecule has 1 N–H and O–H groups in total. The van der Waals surface area contributed by atoms with Crippen molar-refractivity contribution in [3.8, 4) is 5.88 Å². The van der Waals surface area contributed by atoms with E-state index in [0.717, 1.165) is 0 Å². The molecule has 0 bridgehead atoms. The molecule has 7 heavy (non-hydrogen) atoms. The highest BCUT2D eigenvalue weighted by Gasteiger charge is 1.73. The van der Waals surface area contributed by atoms with Crippen molar-refractivity contribution >= 4 is 23.6 Å². The van der Waals surface area contributed by atoms with Crippen LogP contribution in [0.2, 0.25) is 0 Å². The minimum absolute atomic E-state index is 0.102. The highest BCUT2D eigenvalue weighted by atomic mass is 32.1. The highest BCUT2D eigenvalue weighted by Crippen LogP contribution is 2.05. The Kier molecular flexibility index (Phi) is 1.12. The van der Waals surface area contributed by atoms with Crippen molar-refractivity contribution in [1.29, 1.82) is 0 Å². The van der Waals surface area contributed by atoms with Crippen molar-refractivity contribution in [3.05, 3.63) is 9.33 Å². The van der Waals surface area contributed by atoms with E-state index in [4.69, 9.17) is 0 Å². The van der Waals surface area contributed by atoms with Crippen LogP contribution >= 0.6 is 23.6 Å². The van der Waals surface area contributed by atoms with Crippen molar-refractivity contribution in [3.63, 3.8) is 0 Å². The Labute approximate surface area is 49.4 Å². The lowest BCUT2D eigenvalue weighted by Gasteiger charge is -1.90. The number of hydrogen-bond donors (Lipinski definition) is 1. The van der Waals surface area contributed by atoms with Gasteiger partial charge in [-0.25, -0.2) is 0 Å². The lowest BCUT2D eigenvalue weighted by atomic mass is 10.9. The maximum Gasteiger partial charge on any atom is 0.157 e. The van der Waals surface area contributed by atoms with E-state index in [1.54, 1.807) is 0 Å². The molecule has 0 aliphatic rings. The second-order valence-electron chi connectivity index (χ2n) is 1.01. The average Bonchev–Trinajstić information content (AvgIpc) is 1.87. The van der Waals surface area contributed by atoms with Crippen LogP contribution in [0.25, 0.3) is 0 Å². The average molecular weight is 132 g/mol. The van der Waals surface area contributed by atoms with Crippen LogP contribution in [0.15, 0.2) is 5.38 Å². The zero-order chi connectivity index (χ0) is 5.28. The van der Waals surface area contributed by atoms with Crippen LogP contribution < -0.4 is 5.11 Å². The number of aromatic nitrogens is 1. The summed E-state index contributed by atoms with van der Waals surface area (Å²) in [4.78, 5) is 2.42. The SMILES string of the molecule is [O-]c1csc(=S)[nH]1. The monoisotopic (exact) mass is 132 g/mol. The van der Waals surface area contributed by atoms with Gasteiger partial charge in [-0.15, -0.1) is 11.3 Å². The summed E-state index contributed by atoms with van der Waals surface area (Å²) in [5.41, 5.74) is 0. The maximum absolute atomic E-state index is 10.2. The molecule has 1 heterocycles. The molecular weight excluding hydrogens is 130 g/mol. The van der Waals surface area contributed by atoms with E-state index in [0.29, 0.717) is 3.95 Å². The van der Waals surface area contributed by atoms with Crippen molar-refractivity contribution in [2.75, 3.05) is 0 Å². The Morgan fingerprint density at radius 3 is 2.71 bits per heavy atom. The van der Waals surface area contributed by atoms with E-state index >= 15 is 0 Å². The van der Waals surface area contributed by atoms with Gasteiger partial charge in [0.25, 0.3) is 0 Å². The molecule has 0 amide bonds. The molecule has 2 nitrogen and oxygen atoms in total. The molecule has 1 aromatic rings. The minimum atomic E-state index is -0.102. The molecule has 0 spiro atoms. The number of H-pyrrole nitrogens is 1. The smallest absolute Gasteiger partial charge is 0.157 e. The maximum atomic E-state index is 10.2. The first kappa shape index (κ1) is 4.80. The fraction of sp³-hybridized carbons (Fsp3) is 0. The molecule has 1 aromatic heterocycles. The van der Waals surface area contributed by atoms with Gasteiger partial charge < -0.3 is 10.1 Å². The van der Waals surface area contributed by atoms with Gasteiger partial charge in [0.1, 0.15) is 0 Å². The lowest BCUT2D eigenvalue weighted by Crippen LogP contribution is -1.86. The predicted octanol–water partition coefficient (Wildman–Crippen LogP) is 0.879. The largest absolute Gasteiger partial charge is 0.860 e. The van der Waals surface area contributed by atoms with E-state index in [9.17, 15) is 5.11 Å². The molecular formula is C3H2NOS2-. The summed E-state index contributed by atoms with van der Waals surface area (Å²) in [6.45, 7) is 0. The molecule has 0 aromatic carbocycles. The molecule has 0 aliphatic carbocycles. The van der Waals surface area contributed by atoms with E-state index in [1.807, 2.05) is 0 Å². The number of thiazole rings is 1. The highest BCUT2D eigenvalue weighted by molar-refractivity contribution is 7.73. The summed E-state index contributed by atoms with van der Waals surface area (Å²) < 4.78 is 0.546. The number of hydrogen-bond acceptors (Lipinski definition) is 3. The molecule has 0 saturated heterocycles. The van der Waals surface area contributed by atoms with E-state index in [1.165, 1.54) is 16.7 Å². The summed E-state index contributed by atoms with van der Waals surface area (Å²) in [7, 11) is 0. The third kappa shape index (κ3) is 1.01. The molecule has 0 radical (unpaired) electrons. The van der Waals surface area contributed by atoms with Gasteiger partial charge in [-0.2, -0.15) is 0 Å². The third-order valence-corrected chi connectivity index (χ3v) is 1.54. The van der Waals surface area contributed by atoms with Crippen LogP contribution in [0, 0.1) is 3.95 Å². The van der Waals surface area contributed by atoms with Crippen molar-refractivity contribution in [2.24, 2.45) is 0 Å². The van der Waals surface area contributed by atoms with Crippen LogP contribution in [-0.4, -0.2) is 4.98 Å². The Morgan fingerprint density at radius 2 is 2.57 bits per heavy atom. The van der Waals surface area contributed by atoms with Crippen LogP contribution in [-0.2, 0) is 0 Å². The number of rotatable bonds is 0. The minimum Gasteiger partial charge on any atom is -0.860 e. The second kappa shape index (κ2) is 1.63. The molecule has 0 aliphatic heterocycles. The first-order chi connectivity index (χ1) is 3.29. The second-order valence-corrected chi connectivity index (χ2v) is 2.56. The summed E-state index contributed by atoms with van der Waals surface area (Å²) in [5, 5.41) is 11.6. The van der Waals surface area contributed by atoms with Gasteiger partial charge in [0, 0.05) is 5.38 Å². The van der Waals surface area contributed by atoms with Crippen LogP contribution in [0.4, 0.5) is 0 Å². The molecule has 38 valence electrons. The van der Waals surface area contributed by atoms with Gasteiger partial charge in [0.15, 0.2) is 3.95 Å². The number of aromatic amines is 1. The van der Waals surface area contributed by atoms with Gasteiger partial charge in [-0.05, 0) is 18.1 Å². The topological polar surface area (TPSA) is 38.8 Å². The van der Waals surface area contributed by atoms with Crippen molar-refractivity contribution in [1.82, 2.24) is 4.98 Å². The molecule has 0 unspecified atom stereocenters. The van der Waals surface area contributed by atoms with Gasteiger partial charge >= 0.3 is 0 Å². The van der Waals surface area contributed by atoms with Crippen molar-refractivity contribution in [2.45, 2.75) is 0 Å². The van der Waals surface area contributed by atoms with Crippen LogP contribution in [0.1, 0.15) is 0 Å². The van der Waals surface area contributed by atoms with Crippen molar-refractivity contribution < 1.29 is 5.11 Å². The molecule has 1 rings (SSSR count). The Bertz CT molecular complexity index is 201. The summed E-state index contributed by atoms with van der Waals surface area (Å²) in [6.07, 6.45) is 0. The molecule has 0 saturated carbocycles. The number of nitrogens with one attached hydrogen (secondary N) is 1. The van der Waals surface area contributed by atoms with Gasteiger partial charge in [-0.3, -0.25) is 0 Å². The zero-order valence-corrected chi connectivity index (χ0v) is 4.94. The van der Waals surface area contributed by atoms with Gasteiger partial charge in [-0.1, -0.05) is 0 Å². The van der Waals surface area contributed by atoms with Crippen LogP contribution in [0.5, 0.6) is 5.88 Å². The fourth-order valence-electron chi connectivity index (χ4n) is 0.267. The molecule has 0 fully saturated rings. The quantitative estimate of drug-likeness (QED) is 0.532. The van der Waals surface area contributed by atoms with Gasteiger partial charge in [0.2, 0.25) is 0 Å². The van der Waals surface area contributed by atoms with E-state index in [2.05, 4.69) is 17.2 Å². The normalized spacial score (nSPS) is 9.14. The Balaban J connectivity index is 3.30. The third-order valence-electron chi connectivity index (χ3n) is 0.498. The fourth-order valence-corrected chi connectivity index (χ4v) is 0.944. The first-order valence-electron chi connectivity index (χ1n) is 1.64. The Morgan fingerprint density at radius 1 is 1.86 bits per heavy atom.